The van der Waals surface area contributed by atoms with E-state index in [9.17, 15) is 4.79 Å². The summed E-state index contributed by atoms with van der Waals surface area (Å²) in [7, 11) is 3.48. The molecule has 0 bridgehead atoms. The zero-order valence-electron chi connectivity index (χ0n) is 17.7. The van der Waals surface area contributed by atoms with Crippen LogP contribution < -0.4 is 16.0 Å². The van der Waals surface area contributed by atoms with E-state index in [1.165, 1.54) is 45.2 Å². The Morgan fingerprint density at radius 1 is 1.24 bits per heavy atom. The first kappa shape index (κ1) is 23.9. The van der Waals surface area contributed by atoms with E-state index in [-0.39, 0.29) is 29.9 Å². The molecule has 1 heterocycles. The Morgan fingerprint density at radius 3 is 2.76 bits per heavy atom. The van der Waals surface area contributed by atoms with E-state index in [2.05, 4.69) is 31.9 Å². The predicted octanol–water partition coefficient (Wildman–Crippen LogP) is 2.64. The first-order chi connectivity index (χ1) is 13.7. The van der Waals surface area contributed by atoms with E-state index >= 15 is 0 Å². The summed E-state index contributed by atoms with van der Waals surface area (Å²) >= 11 is 0. The van der Waals surface area contributed by atoms with Crippen LogP contribution in [0.15, 0.2) is 29.3 Å². The number of hydrogen-bond donors (Lipinski definition) is 3. The monoisotopic (exact) mass is 513 g/mol. The summed E-state index contributed by atoms with van der Waals surface area (Å²) in [6.45, 7) is 4.37. The van der Waals surface area contributed by atoms with Crippen LogP contribution in [0.1, 0.15) is 48.0 Å². The van der Waals surface area contributed by atoms with Crippen LogP contribution in [0.4, 0.5) is 0 Å². The van der Waals surface area contributed by atoms with Crippen LogP contribution in [0.3, 0.4) is 0 Å². The molecule has 1 amide bonds. The summed E-state index contributed by atoms with van der Waals surface area (Å²) in [5.74, 6) is 1.74. The van der Waals surface area contributed by atoms with Crippen molar-refractivity contribution in [1.82, 2.24) is 20.9 Å². The number of rotatable bonds is 7. The van der Waals surface area contributed by atoms with Gasteiger partial charge < -0.3 is 20.9 Å². The molecular formula is C22H36IN5O. The molecule has 0 aromatic heterocycles. The van der Waals surface area contributed by atoms with Crippen molar-refractivity contribution in [3.63, 3.8) is 0 Å². The third-order valence-electron chi connectivity index (χ3n) is 5.95. The number of carbonyl (C=O) groups excluding carboxylic acids is 1. The van der Waals surface area contributed by atoms with Crippen molar-refractivity contribution in [3.05, 3.63) is 35.4 Å². The molecule has 1 saturated carbocycles. The van der Waals surface area contributed by atoms with Crippen molar-refractivity contribution in [2.75, 3.05) is 40.3 Å². The molecular weight excluding hydrogens is 477 g/mol. The Labute approximate surface area is 192 Å². The van der Waals surface area contributed by atoms with E-state index in [0.717, 1.165) is 37.0 Å². The molecule has 1 aliphatic carbocycles. The van der Waals surface area contributed by atoms with Gasteiger partial charge in [-0.05, 0) is 49.3 Å². The summed E-state index contributed by atoms with van der Waals surface area (Å²) < 4.78 is 0. The molecule has 1 atom stereocenters. The second kappa shape index (κ2) is 12.4. The highest BCUT2D eigenvalue weighted by Crippen LogP contribution is 2.26. The summed E-state index contributed by atoms with van der Waals surface area (Å²) in [6, 6.07) is 8.26. The smallest absolute Gasteiger partial charge is 0.251 e. The number of nitrogens with zero attached hydrogens (tertiary/aromatic N) is 2. The molecule has 162 valence electrons. The Hall–Kier alpha value is -1.35. The Morgan fingerprint density at radius 2 is 2.03 bits per heavy atom. The second-order valence-electron chi connectivity index (χ2n) is 8.07. The molecule has 1 unspecified atom stereocenters. The Balaban J connectivity index is 0.00000300. The molecule has 6 nitrogen and oxygen atoms in total. The van der Waals surface area contributed by atoms with Gasteiger partial charge in [0.05, 0.1) is 0 Å². The minimum Gasteiger partial charge on any atom is -0.356 e. The van der Waals surface area contributed by atoms with Crippen LogP contribution >= 0.6 is 24.0 Å². The maximum absolute atomic E-state index is 11.8. The minimum absolute atomic E-state index is 0. The molecule has 1 aromatic rings. The molecule has 1 aromatic carbocycles. The molecule has 0 spiro atoms. The number of halogens is 1. The van der Waals surface area contributed by atoms with Gasteiger partial charge in [0, 0.05) is 51.9 Å². The van der Waals surface area contributed by atoms with Crippen molar-refractivity contribution in [1.29, 1.82) is 0 Å². The second-order valence-corrected chi connectivity index (χ2v) is 8.07. The molecule has 3 rings (SSSR count). The Kier molecular flexibility index (Phi) is 10.2. The van der Waals surface area contributed by atoms with Crippen molar-refractivity contribution >= 4 is 35.8 Å². The van der Waals surface area contributed by atoms with Gasteiger partial charge in [-0.15, -0.1) is 24.0 Å². The summed E-state index contributed by atoms with van der Waals surface area (Å²) in [6.07, 6.45) is 7.70. The van der Waals surface area contributed by atoms with Gasteiger partial charge in [-0.25, -0.2) is 0 Å². The van der Waals surface area contributed by atoms with Gasteiger partial charge >= 0.3 is 0 Å². The quantitative estimate of drug-likeness (QED) is 0.298. The molecule has 29 heavy (non-hydrogen) atoms. The largest absolute Gasteiger partial charge is 0.356 e. The lowest BCUT2D eigenvalue weighted by Crippen LogP contribution is -2.45. The average molecular weight is 513 g/mol. The SMILES string of the molecule is CN=C(NCCc1cccc(C(=O)NC)c1)NC1CCN(CC2CCCC2)C1.I. The summed E-state index contributed by atoms with van der Waals surface area (Å²) in [5.41, 5.74) is 1.85. The molecule has 7 heteroatoms. The lowest BCUT2D eigenvalue weighted by atomic mass is 10.1. The minimum atomic E-state index is -0.0457. The van der Waals surface area contributed by atoms with Gasteiger partial charge in [-0.1, -0.05) is 25.0 Å². The van der Waals surface area contributed by atoms with Crippen molar-refractivity contribution in [2.24, 2.45) is 10.9 Å². The lowest BCUT2D eigenvalue weighted by Gasteiger charge is -2.21. The molecule has 0 radical (unpaired) electrons. The van der Waals surface area contributed by atoms with Crippen LogP contribution in [0.2, 0.25) is 0 Å². The highest BCUT2D eigenvalue weighted by Gasteiger charge is 2.26. The van der Waals surface area contributed by atoms with Crippen LogP contribution in [0.25, 0.3) is 0 Å². The zero-order chi connectivity index (χ0) is 19.8. The first-order valence-corrected chi connectivity index (χ1v) is 10.7. The number of nitrogens with one attached hydrogen (secondary N) is 3. The van der Waals surface area contributed by atoms with Crippen LogP contribution in [-0.2, 0) is 6.42 Å². The third-order valence-corrected chi connectivity index (χ3v) is 5.95. The van der Waals surface area contributed by atoms with Gasteiger partial charge in [-0.2, -0.15) is 0 Å². The highest BCUT2D eigenvalue weighted by molar-refractivity contribution is 14.0. The van der Waals surface area contributed by atoms with E-state index < -0.39 is 0 Å². The van der Waals surface area contributed by atoms with Crippen molar-refractivity contribution in [3.8, 4) is 0 Å². The van der Waals surface area contributed by atoms with E-state index in [0.29, 0.717) is 11.6 Å². The van der Waals surface area contributed by atoms with Gasteiger partial charge in [-0.3, -0.25) is 9.79 Å². The molecule has 1 aliphatic heterocycles. The lowest BCUT2D eigenvalue weighted by molar-refractivity contribution is 0.0963. The van der Waals surface area contributed by atoms with Crippen molar-refractivity contribution < 1.29 is 4.79 Å². The summed E-state index contributed by atoms with van der Waals surface area (Å²) in [5, 5.41) is 9.66. The van der Waals surface area contributed by atoms with Crippen LogP contribution in [0.5, 0.6) is 0 Å². The van der Waals surface area contributed by atoms with Gasteiger partial charge in [0.1, 0.15) is 0 Å². The molecule has 2 fully saturated rings. The fourth-order valence-electron chi connectivity index (χ4n) is 4.40. The Bertz CT molecular complexity index is 675. The van der Waals surface area contributed by atoms with Crippen LogP contribution in [-0.4, -0.2) is 63.1 Å². The maximum atomic E-state index is 11.8. The predicted molar refractivity (Wildman–Crippen MR) is 130 cm³/mol. The van der Waals surface area contributed by atoms with Gasteiger partial charge in [0.2, 0.25) is 0 Å². The average Bonchev–Trinajstić information content (AvgIpc) is 3.39. The number of carbonyl (C=O) groups is 1. The number of aliphatic imine (C=N–C) groups is 1. The molecule has 2 aliphatic rings. The zero-order valence-corrected chi connectivity index (χ0v) is 20.1. The number of likely N-dealkylation sites (tertiary alicyclic amines) is 1. The maximum Gasteiger partial charge on any atom is 0.251 e. The number of benzene rings is 1. The van der Waals surface area contributed by atoms with E-state index in [1.807, 2.05) is 25.2 Å². The normalized spacial score (nSPS) is 20.3. The number of hydrogen-bond acceptors (Lipinski definition) is 3. The van der Waals surface area contributed by atoms with Gasteiger partial charge in [0.25, 0.3) is 5.91 Å². The number of amides is 1. The first-order valence-electron chi connectivity index (χ1n) is 10.7. The number of guanidine groups is 1. The molecule has 3 N–H and O–H groups in total. The molecule has 1 saturated heterocycles. The standard InChI is InChI=1S/C22H35N5O.HI/c1-23-21(28)19-9-5-8-17(14-19)10-12-25-22(24-2)26-20-11-13-27(16-20)15-18-6-3-4-7-18;/h5,8-9,14,18,20H,3-4,6-7,10-13,15-16H2,1-2H3,(H,23,28)(H2,24,25,26);1H. The summed E-state index contributed by atoms with van der Waals surface area (Å²) in [4.78, 5) is 18.8. The highest BCUT2D eigenvalue weighted by atomic mass is 127. The fourth-order valence-corrected chi connectivity index (χ4v) is 4.40. The van der Waals surface area contributed by atoms with E-state index in [4.69, 9.17) is 0 Å². The van der Waals surface area contributed by atoms with Crippen molar-refractivity contribution in [2.45, 2.75) is 44.6 Å². The van der Waals surface area contributed by atoms with Crippen LogP contribution in [0, 0.1) is 5.92 Å². The topological polar surface area (TPSA) is 68.8 Å². The van der Waals surface area contributed by atoms with Gasteiger partial charge in [0.15, 0.2) is 5.96 Å². The third kappa shape index (κ3) is 7.44. The fraction of sp³-hybridized carbons (Fsp3) is 0.636. The van der Waals surface area contributed by atoms with E-state index in [1.54, 1.807) is 7.05 Å².